The van der Waals surface area contributed by atoms with Crippen LogP contribution in [0.2, 0.25) is 0 Å². The molecule has 0 aliphatic carbocycles. The number of nitrogens with two attached hydrogens (primary N) is 1. The Kier molecular flexibility index (Phi) is 12.2. The van der Waals surface area contributed by atoms with Crippen molar-refractivity contribution in [1.82, 2.24) is 24.9 Å². The van der Waals surface area contributed by atoms with Crippen molar-refractivity contribution in [2.75, 3.05) is 66.1 Å². The molecular weight excluding hydrogens is 486 g/mol. The topological polar surface area (TPSA) is 151 Å². The molecule has 2 heterocycles. The summed E-state index contributed by atoms with van der Waals surface area (Å²) in [6, 6.07) is 1.31. The fourth-order valence-corrected chi connectivity index (χ4v) is 4.97. The molecule has 1 aliphatic rings. The van der Waals surface area contributed by atoms with Gasteiger partial charge in [0.05, 0.1) is 37.4 Å². The van der Waals surface area contributed by atoms with Crippen LogP contribution in [0, 0.1) is 0 Å². The summed E-state index contributed by atoms with van der Waals surface area (Å²) >= 11 is 0. The Labute approximate surface area is 213 Å². The molecule has 13 heteroatoms. The van der Waals surface area contributed by atoms with Gasteiger partial charge in [0.15, 0.2) is 0 Å². The number of nitrogens with one attached hydrogen (secondary N) is 2. The first-order chi connectivity index (χ1) is 17.3. The van der Waals surface area contributed by atoms with Crippen molar-refractivity contribution in [2.45, 2.75) is 32.1 Å². The van der Waals surface area contributed by atoms with Crippen molar-refractivity contribution < 1.29 is 22.7 Å². The standard InChI is InChI=1S/C23H39N7O5S/c1-5-8-20(21(16-24)28-26-9-14-34-4)27-22(31)19-15-18(17-25-23(19)35-7-3)36(32,33)30-12-10-29(6-2)11-13-30/h8,15,17,26H,5-7,9-14,16,24H2,1-4H3,(H,27,31)/b20-8-,28-21-. The first kappa shape index (κ1) is 29.6. The number of hydrazone groups is 1. The van der Waals surface area contributed by atoms with Gasteiger partial charge in [0, 0.05) is 39.8 Å². The quantitative estimate of drug-likeness (QED) is 0.178. The van der Waals surface area contributed by atoms with Gasteiger partial charge >= 0.3 is 0 Å². The van der Waals surface area contributed by atoms with Crippen LogP contribution in [-0.4, -0.2) is 100 Å². The molecule has 1 aliphatic heterocycles. The van der Waals surface area contributed by atoms with Gasteiger partial charge in [0.1, 0.15) is 10.5 Å². The lowest BCUT2D eigenvalue weighted by atomic mass is 10.2. The molecule has 0 aromatic carbocycles. The molecule has 1 aromatic rings. The fourth-order valence-electron chi connectivity index (χ4n) is 3.57. The maximum absolute atomic E-state index is 13.3. The summed E-state index contributed by atoms with van der Waals surface area (Å²) in [5.74, 6) is -0.526. The van der Waals surface area contributed by atoms with Gasteiger partial charge in [0.2, 0.25) is 15.9 Å². The molecule has 0 bridgehead atoms. The van der Waals surface area contributed by atoms with Gasteiger partial charge in [-0.3, -0.25) is 4.79 Å². The highest BCUT2D eigenvalue weighted by molar-refractivity contribution is 7.89. The van der Waals surface area contributed by atoms with Crippen LogP contribution in [0.5, 0.6) is 5.88 Å². The highest BCUT2D eigenvalue weighted by Crippen LogP contribution is 2.23. The number of nitrogens with zero attached hydrogens (tertiary/aromatic N) is 4. The monoisotopic (exact) mass is 525 g/mol. The van der Waals surface area contributed by atoms with E-state index in [0.29, 0.717) is 57.2 Å². The summed E-state index contributed by atoms with van der Waals surface area (Å²) in [5, 5.41) is 7.06. The van der Waals surface area contributed by atoms with E-state index in [-0.39, 0.29) is 29.5 Å². The fraction of sp³-hybridized carbons (Fsp3) is 0.609. The second-order valence-electron chi connectivity index (χ2n) is 7.94. The highest BCUT2D eigenvalue weighted by atomic mass is 32.2. The minimum atomic E-state index is -3.83. The molecule has 202 valence electrons. The van der Waals surface area contributed by atoms with E-state index < -0.39 is 15.9 Å². The average molecular weight is 526 g/mol. The second kappa shape index (κ2) is 14.9. The van der Waals surface area contributed by atoms with Crippen LogP contribution in [0.25, 0.3) is 0 Å². The largest absolute Gasteiger partial charge is 0.477 e. The molecular formula is C23H39N7O5S. The zero-order chi connectivity index (χ0) is 26.6. The number of carbonyl (C=O) groups excluding carboxylic acids is 1. The first-order valence-electron chi connectivity index (χ1n) is 12.2. The second-order valence-corrected chi connectivity index (χ2v) is 9.88. The van der Waals surface area contributed by atoms with E-state index in [4.69, 9.17) is 15.2 Å². The molecule has 36 heavy (non-hydrogen) atoms. The summed E-state index contributed by atoms with van der Waals surface area (Å²) in [7, 11) is -2.25. The molecule has 1 amide bonds. The zero-order valence-corrected chi connectivity index (χ0v) is 22.4. The Morgan fingerprint density at radius 1 is 1.25 bits per heavy atom. The van der Waals surface area contributed by atoms with Gasteiger partial charge in [-0.05, 0) is 26.0 Å². The zero-order valence-electron chi connectivity index (χ0n) is 21.6. The molecule has 4 N–H and O–H groups in total. The van der Waals surface area contributed by atoms with Crippen LogP contribution < -0.4 is 21.2 Å². The van der Waals surface area contributed by atoms with Gasteiger partial charge in [0.25, 0.3) is 5.91 Å². The van der Waals surface area contributed by atoms with E-state index in [1.54, 1.807) is 20.1 Å². The smallest absolute Gasteiger partial charge is 0.261 e. The SMILES string of the molecule is CC/C=C(NC(=O)c1cc(S(=O)(=O)N2CCN(CC)CC2)cnc1OCC)/C(CN)=N\NCCOC. The van der Waals surface area contributed by atoms with Gasteiger partial charge in [-0.25, -0.2) is 13.4 Å². The normalized spacial score (nSPS) is 16.1. The number of likely N-dealkylation sites (N-methyl/N-ethyl adjacent to an activating group) is 1. The lowest BCUT2D eigenvalue weighted by Crippen LogP contribution is -2.48. The van der Waals surface area contributed by atoms with Crippen molar-refractivity contribution in [1.29, 1.82) is 0 Å². The van der Waals surface area contributed by atoms with Crippen molar-refractivity contribution in [3.05, 3.63) is 29.6 Å². The predicted octanol–water partition coefficient (Wildman–Crippen LogP) is 0.381. The number of aromatic nitrogens is 1. The molecule has 1 saturated heterocycles. The van der Waals surface area contributed by atoms with Crippen molar-refractivity contribution in [2.24, 2.45) is 10.8 Å². The van der Waals surface area contributed by atoms with Crippen molar-refractivity contribution in [3.8, 4) is 5.88 Å². The Hall–Kier alpha value is -2.58. The molecule has 2 rings (SSSR count). The molecule has 1 fully saturated rings. The maximum atomic E-state index is 13.3. The Morgan fingerprint density at radius 3 is 2.56 bits per heavy atom. The number of pyridine rings is 1. The third-order valence-electron chi connectivity index (χ3n) is 5.56. The maximum Gasteiger partial charge on any atom is 0.261 e. The lowest BCUT2D eigenvalue weighted by molar-refractivity contribution is 0.0962. The Bertz CT molecular complexity index is 1020. The summed E-state index contributed by atoms with van der Waals surface area (Å²) in [6.45, 7) is 9.89. The van der Waals surface area contributed by atoms with E-state index in [1.807, 2.05) is 13.8 Å². The van der Waals surface area contributed by atoms with E-state index >= 15 is 0 Å². The summed E-state index contributed by atoms with van der Waals surface area (Å²) in [4.78, 5) is 19.6. The number of rotatable bonds is 14. The Morgan fingerprint density at radius 2 is 1.97 bits per heavy atom. The van der Waals surface area contributed by atoms with Crippen LogP contribution in [0.3, 0.4) is 0 Å². The summed E-state index contributed by atoms with van der Waals surface area (Å²) < 4.78 is 38.6. The number of hydrogen-bond donors (Lipinski definition) is 3. The van der Waals surface area contributed by atoms with Crippen LogP contribution in [-0.2, 0) is 14.8 Å². The van der Waals surface area contributed by atoms with E-state index in [1.165, 1.54) is 16.6 Å². The van der Waals surface area contributed by atoms with E-state index in [2.05, 4.69) is 25.7 Å². The van der Waals surface area contributed by atoms with E-state index in [0.717, 1.165) is 6.54 Å². The van der Waals surface area contributed by atoms with Crippen LogP contribution in [0.15, 0.2) is 34.0 Å². The van der Waals surface area contributed by atoms with Crippen LogP contribution in [0.1, 0.15) is 37.6 Å². The third-order valence-corrected chi connectivity index (χ3v) is 7.42. The van der Waals surface area contributed by atoms with Crippen molar-refractivity contribution >= 4 is 21.6 Å². The van der Waals surface area contributed by atoms with E-state index in [9.17, 15) is 13.2 Å². The van der Waals surface area contributed by atoms with Gasteiger partial charge in [-0.15, -0.1) is 0 Å². The number of ether oxygens (including phenoxy) is 2. The molecule has 0 saturated carbocycles. The number of methoxy groups -OCH3 is 1. The predicted molar refractivity (Wildman–Crippen MR) is 138 cm³/mol. The van der Waals surface area contributed by atoms with Gasteiger partial charge < -0.3 is 30.8 Å². The van der Waals surface area contributed by atoms with Crippen molar-refractivity contribution in [3.63, 3.8) is 0 Å². The number of hydrogen-bond acceptors (Lipinski definition) is 10. The third kappa shape index (κ3) is 7.96. The minimum Gasteiger partial charge on any atom is -0.477 e. The number of sulfonamides is 1. The van der Waals surface area contributed by atoms with Gasteiger partial charge in [-0.1, -0.05) is 19.9 Å². The van der Waals surface area contributed by atoms with Crippen LogP contribution in [0.4, 0.5) is 0 Å². The summed E-state index contributed by atoms with van der Waals surface area (Å²) in [6.07, 6.45) is 3.63. The number of amides is 1. The molecule has 0 atom stereocenters. The number of allylic oxidation sites excluding steroid dienone is 1. The van der Waals surface area contributed by atoms with Crippen LogP contribution >= 0.6 is 0 Å². The lowest BCUT2D eigenvalue weighted by Gasteiger charge is -2.33. The first-order valence-corrected chi connectivity index (χ1v) is 13.6. The average Bonchev–Trinajstić information content (AvgIpc) is 2.89. The van der Waals surface area contributed by atoms with Gasteiger partial charge in [-0.2, -0.15) is 9.41 Å². The molecule has 0 radical (unpaired) electrons. The number of carbonyl (C=O) groups is 1. The number of piperazine rings is 1. The molecule has 12 nitrogen and oxygen atoms in total. The summed E-state index contributed by atoms with van der Waals surface area (Å²) in [5.41, 5.74) is 9.60. The minimum absolute atomic E-state index is 0.0100. The molecule has 0 spiro atoms. The molecule has 1 aromatic heterocycles. The molecule has 0 unspecified atom stereocenters. The highest BCUT2D eigenvalue weighted by Gasteiger charge is 2.30. The Balaban J connectivity index is 2.34.